The van der Waals surface area contributed by atoms with Crippen molar-refractivity contribution in [2.45, 2.75) is 13.0 Å². The van der Waals surface area contributed by atoms with Gasteiger partial charge in [0, 0.05) is 18.2 Å². The minimum atomic E-state index is -0.302. The first kappa shape index (κ1) is 15.5. The molecule has 1 saturated heterocycles. The molecule has 0 aromatic rings. The maximum Gasteiger partial charge on any atom is 0.310 e. The molecule has 94 valence electrons. The summed E-state index contributed by atoms with van der Waals surface area (Å²) in [6.07, 6.45) is 0. The van der Waals surface area contributed by atoms with Gasteiger partial charge in [-0.05, 0) is 0 Å². The van der Waals surface area contributed by atoms with E-state index in [9.17, 15) is 9.59 Å². The van der Waals surface area contributed by atoms with E-state index < -0.39 is 0 Å². The van der Waals surface area contributed by atoms with Gasteiger partial charge in [0.15, 0.2) is 0 Å². The van der Waals surface area contributed by atoms with Crippen molar-refractivity contribution in [1.29, 1.82) is 0 Å². The number of methoxy groups -OCH3 is 1. The van der Waals surface area contributed by atoms with Crippen molar-refractivity contribution in [2.75, 3.05) is 25.3 Å². The van der Waals surface area contributed by atoms with Gasteiger partial charge in [0.1, 0.15) is 0 Å². The van der Waals surface area contributed by atoms with Crippen LogP contribution in [0.15, 0.2) is 0 Å². The molecule has 7 heteroatoms. The van der Waals surface area contributed by atoms with Crippen molar-refractivity contribution in [2.24, 2.45) is 5.92 Å². The highest BCUT2D eigenvalue weighted by molar-refractivity contribution is 7.99. The highest BCUT2D eigenvalue weighted by Crippen LogP contribution is 2.09. The van der Waals surface area contributed by atoms with Gasteiger partial charge in [-0.2, -0.15) is 0 Å². The summed E-state index contributed by atoms with van der Waals surface area (Å²) in [6.45, 7) is 2.05. The fourth-order valence-electron chi connectivity index (χ4n) is 1.23. The van der Waals surface area contributed by atoms with Gasteiger partial charge in [-0.1, -0.05) is 6.92 Å². The third kappa shape index (κ3) is 4.59. The second-order valence-electron chi connectivity index (χ2n) is 3.44. The maximum absolute atomic E-state index is 11.5. The average molecular weight is 269 g/mol. The van der Waals surface area contributed by atoms with Gasteiger partial charge >= 0.3 is 5.97 Å². The zero-order valence-corrected chi connectivity index (χ0v) is 11.0. The van der Waals surface area contributed by atoms with Crippen LogP contribution in [-0.4, -0.2) is 43.2 Å². The molecule has 0 spiro atoms. The predicted octanol–water partition coefficient (Wildman–Crippen LogP) is -0.00400. The third-order valence-electron chi connectivity index (χ3n) is 2.22. The molecule has 1 heterocycles. The van der Waals surface area contributed by atoms with E-state index in [0.717, 1.165) is 11.6 Å². The van der Waals surface area contributed by atoms with Gasteiger partial charge in [-0.15, -0.1) is 24.2 Å². The largest absolute Gasteiger partial charge is 0.469 e. The fraction of sp³-hybridized carbons (Fsp3) is 0.778. The third-order valence-corrected chi connectivity index (χ3v) is 3.16. The molecule has 2 unspecified atom stereocenters. The summed E-state index contributed by atoms with van der Waals surface area (Å²) in [7, 11) is 1.34. The number of carbonyl (C=O) groups is 2. The molecule has 0 radical (unpaired) electrons. The quantitative estimate of drug-likeness (QED) is 0.703. The monoisotopic (exact) mass is 268 g/mol. The number of halogens is 1. The van der Waals surface area contributed by atoms with Gasteiger partial charge in [0.25, 0.3) is 0 Å². The zero-order chi connectivity index (χ0) is 11.3. The van der Waals surface area contributed by atoms with Crippen LogP contribution in [0.1, 0.15) is 6.92 Å². The summed E-state index contributed by atoms with van der Waals surface area (Å²) in [5, 5.41) is 5.78. The number of rotatable bonds is 4. The maximum atomic E-state index is 11.5. The van der Waals surface area contributed by atoms with Gasteiger partial charge in [0.05, 0.1) is 19.1 Å². The molecule has 16 heavy (non-hydrogen) atoms. The molecule has 0 aromatic heterocycles. The van der Waals surface area contributed by atoms with Gasteiger partial charge in [-0.3, -0.25) is 14.9 Å². The molecule has 0 bridgehead atoms. The molecule has 0 aliphatic carbocycles. The summed E-state index contributed by atoms with van der Waals surface area (Å²) < 4.78 is 4.56. The molecule has 0 saturated carbocycles. The molecule has 1 aliphatic heterocycles. The lowest BCUT2D eigenvalue weighted by atomic mass is 10.2. The van der Waals surface area contributed by atoms with E-state index in [4.69, 9.17) is 0 Å². The number of nitrogens with one attached hydrogen (secondary N) is 2. The minimum Gasteiger partial charge on any atom is -0.469 e. The molecule has 5 nitrogen and oxygen atoms in total. The smallest absolute Gasteiger partial charge is 0.310 e. The first-order chi connectivity index (χ1) is 7.15. The summed E-state index contributed by atoms with van der Waals surface area (Å²) >= 11 is 1.69. The minimum absolute atomic E-state index is 0. The SMILES string of the molecule is COC(=O)C(C)CNC(=O)C1CSCN1.Cl. The molecule has 0 aromatic carbocycles. The van der Waals surface area contributed by atoms with E-state index in [2.05, 4.69) is 15.4 Å². The number of hydrogen-bond donors (Lipinski definition) is 2. The fourth-order valence-corrected chi connectivity index (χ4v) is 2.17. The summed E-state index contributed by atoms with van der Waals surface area (Å²) in [4.78, 5) is 22.6. The molecule has 2 atom stereocenters. The second-order valence-corrected chi connectivity index (χ2v) is 4.47. The van der Waals surface area contributed by atoms with Crippen molar-refractivity contribution >= 4 is 36.0 Å². The molecule has 1 amide bonds. The van der Waals surface area contributed by atoms with Crippen molar-refractivity contribution in [3.05, 3.63) is 0 Å². The van der Waals surface area contributed by atoms with Crippen LogP contribution < -0.4 is 10.6 Å². The number of esters is 1. The van der Waals surface area contributed by atoms with Crippen molar-refractivity contribution in [1.82, 2.24) is 10.6 Å². The number of carbonyl (C=O) groups excluding carboxylic acids is 2. The van der Waals surface area contributed by atoms with Crippen LogP contribution in [0.2, 0.25) is 0 Å². The Kier molecular flexibility index (Phi) is 7.53. The van der Waals surface area contributed by atoms with Gasteiger partial charge in [-0.25, -0.2) is 0 Å². The first-order valence-electron chi connectivity index (χ1n) is 4.81. The highest BCUT2D eigenvalue weighted by Gasteiger charge is 2.23. The Morgan fingerprint density at radius 2 is 2.31 bits per heavy atom. The Morgan fingerprint density at radius 1 is 1.62 bits per heavy atom. The number of hydrogen-bond acceptors (Lipinski definition) is 5. The van der Waals surface area contributed by atoms with E-state index >= 15 is 0 Å². The lowest BCUT2D eigenvalue weighted by Gasteiger charge is -2.13. The van der Waals surface area contributed by atoms with E-state index in [1.807, 2.05) is 0 Å². The average Bonchev–Trinajstić information content (AvgIpc) is 2.77. The van der Waals surface area contributed by atoms with Crippen LogP contribution in [0, 0.1) is 5.92 Å². The molecular weight excluding hydrogens is 252 g/mol. The normalized spacial score (nSPS) is 20.8. The van der Waals surface area contributed by atoms with E-state index in [1.165, 1.54) is 7.11 Å². The van der Waals surface area contributed by atoms with Gasteiger partial charge in [0.2, 0.25) is 5.91 Å². The molecule has 2 N–H and O–H groups in total. The highest BCUT2D eigenvalue weighted by atomic mass is 35.5. The summed E-state index contributed by atoms with van der Waals surface area (Å²) in [5.41, 5.74) is 0. The number of ether oxygens (including phenoxy) is 1. The van der Waals surface area contributed by atoms with E-state index in [1.54, 1.807) is 18.7 Å². The van der Waals surface area contributed by atoms with Gasteiger partial charge < -0.3 is 10.1 Å². The predicted molar refractivity (Wildman–Crippen MR) is 65.7 cm³/mol. The molecule has 1 rings (SSSR count). The molecule has 1 fully saturated rings. The summed E-state index contributed by atoms with van der Waals surface area (Å²) in [6, 6.07) is -0.125. The molecular formula is C9H17ClN2O3S. The van der Waals surface area contributed by atoms with Crippen LogP contribution in [0.5, 0.6) is 0 Å². The lowest BCUT2D eigenvalue weighted by Crippen LogP contribution is -2.44. The van der Waals surface area contributed by atoms with Crippen LogP contribution in [0.4, 0.5) is 0 Å². The Balaban J connectivity index is 0.00000225. The van der Waals surface area contributed by atoms with Crippen LogP contribution in [0.3, 0.4) is 0 Å². The molecule has 1 aliphatic rings. The van der Waals surface area contributed by atoms with Crippen molar-refractivity contribution in [3.63, 3.8) is 0 Å². The van der Waals surface area contributed by atoms with Crippen molar-refractivity contribution < 1.29 is 14.3 Å². The Bertz CT molecular complexity index is 247. The zero-order valence-electron chi connectivity index (χ0n) is 9.32. The standard InChI is InChI=1S/C9H16N2O3S.ClH/c1-6(9(13)14-2)3-10-8(12)7-4-15-5-11-7;/h6-7,11H,3-5H2,1-2H3,(H,10,12);1H. The Hall–Kier alpha value is -0.460. The number of thioether (sulfide) groups is 1. The second kappa shape index (κ2) is 7.76. The first-order valence-corrected chi connectivity index (χ1v) is 5.97. The van der Waals surface area contributed by atoms with Crippen molar-refractivity contribution in [3.8, 4) is 0 Å². The van der Waals surface area contributed by atoms with E-state index in [0.29, 0.717) is 6.54 Å². The van der Waals surface area contributed by atoms with Crippen LogP contribution in [-0.2, 0) is 14.3 Å². The van der Waals surface area contributed by atoms with E-state index in [-0.39, 0.29) is 36.2 Å². The number of amides is 1. The topological polar surface area (TPSA) is 67.4 Å². The Labute approximate surface area is 105 Å². The van der Waals surface area contributed by atoms with Crippen LogP contribution >= 0.6 is 24.2 Å². The van der Waals surface area contributed by atoms with Crippen LogP contribution in [0.25, 0.3) is 0 Å². The Morgan fingerprint density at radius 3 is 2.81 bits per heavy atom. The lowest BCUT2D eigenvalue weighted by molar-refractivity contribution is -0.144. The summed E-state index contributed by atoms with van der Waals surface area (Å²) in [5.74, 6) is 0.955.